The highest BCUT2D eigenvalue weighted by atomic mass is 16.5. The number of ether oxygens (including phenoxy) is 1. The van der Waals surface area contributed by atoms with E-state index in [9.17, 15) is 14.4 Å². The number of fused-ring (bicyclic) bond motifs is 1. The Morgan fingerprint density at radius 3 is 2.66 bits per heavy atom. The Bertz CT molecular complexity index is 1230. The molecule has 41 heavy (non-hydrogen) atoms. The van der Waals surface area contributed by atoms with Crippen molar-refractivity contribution in [3.8, 4) is 0 Å². The summed E-state index contributed by atoms with van der Waals surface area (Å²) in [5.74, 6) is 0.385. The molecule has 5 rings (SSSR count). The molecule has 0 bridgehead atoms. The summed E-state index contributed by atoms with van der Waals surface area (Å²) >= 11 is 0. The lowest BCUT2D eigenvalue weighted by Gasteiger charge is -2.40. The van der Waals surface area contributed by atoms with E-state index in [2.05, 4.69) is 38.1 Å². The number of anilines is 1. The Kier molecular flexibility index (Phi) is 9.19. The van der Waals surface area contributed by atoms with Crippen molar-refractivity contribution in [3.63, 3.8) is 0 Å². The van der Waals surface area contributed by atoms with Crippen molar-refractivity contribution in [1.29, 1.82) is 0 Å². The molecule has 1 aromatic carbocycles. The number of amides is 3. The normalized spacial score (nSPS) is 26.1. The average molecular weight is 563 g/mol. The average Bonchev–Trinajstić information content (AvgIpc) is 3.28. The molecule has 3 amide bonds. The molecular formula is C31H42N6O4. The molecule has 3 atom stereocenters. The Labute approximate surface area is 241 Å². The van der Waals surface area contributed by atoms with Gasteiger partial charge in [0, 0.05) is 57.6 Å². The Hall–Kier alpha value is -3.50. The maximum absolute atomic E-state index is 13.7. The number of nitrogens with zero attached hydrogens (tertiary/aromatic N) is 3. The van der Waals surface area contributed by atoms with Gasteiger partial charge in [-0.1, -0.05) is 42.5 Å². The van der Waals surface area contributed by atoms with Crippen LogP contribution in [0.2, 0.25) is 0 Å². The van der Waals surface area contributed by atoms with Crippen LogP contribution in [0.1, 0.15) is 43.4 Å². The monoisotopic (exact) mass is 562 g/mol. The van der Waals surface area contributed by atoms with Crippen LogP contribution in [-0.2, 0) is 32.6 Å². The van der Waals surface area contributed by atoms with Gasteiger partial charge in [0.05, 0.1) is 12.0 Å². The molecule has 3 aliphatic rings. The minimum absolute atomic E-state index is 0.0449. The maximum atomic E-state index is 13.7. The molecule has 10 heteroatoms. The number of aryl methyl sites for hydroxylation is 2. The van der Waals surface area contributed by atoms with Gasteiger partial charge in [-0.15, -0.1) is 0 Å². The number of carbonyl (C=O) groups excluding carboxylic acids is 3. The lowest BCUT2D eigenvalue weighted by molar-refractivity contribution is -0.140. The molecule has 0 unspecified atom stereocenters. The van der Waals surface area contributed by atoms with Crippen LogP contribution in [0.25, 0.3) is 0 Å². The summed E-state index contributed by atoms with van der Waals surface area (Å²) in [7, 11) is 1.85. The van der Waals surface area contributed by atoms with Crippen molar-refractivity contribution >= 4 is 23.5 Å². The lowest BCUT2D eigenvalue weighted by atomic mass is 9.75. The molecule has 1 aromatic heterocycles. The summed E-state index contributed by atoms with van der Waals surface area (Å²) in [5.41, 5.74) is 1.39. The SMILES string of the molecule is Cc1cc(NC(=O)CN2CC[C@H]3NC(=O)[C@H](Cc4ccccc4)NC(=O)C4(C/C=C/C[C@H]3C2)CCOCC4)nn1C. The number of aromatic nitrogens is 2. The van der Waals surface area contributed by atoms with Gasteiger partial charge in [-0.3, -0.25) is 24.0 Å². The molecule has 0 radical (unpaired) electrons. The number of nitrogens with one attached hydrogen (secondary N) is 3. The fourth-order valence-corrected chi connectivity index (χ4v) is 6.21. The molecule has 2 saturated heterocycles. The van der Waals surface area contributed by atoms with Crippen LogP contribution in [0.4, 0.5) is 5.82 Å². The number of benzene rings is 1. The van der Waals surface area contributed by atoms with Crippen LogP contribution in [0.5, 0.6) is 0 Å². The predicted octanol–water partition coefficient (Wildman–Crippen LogP) is 2.35. The summed E-state index contributed by atoms with van der Waals surface area (Å²) in [5, 5.41) is 13.7. The van der Waals surface area contributed by atoms with Gasteiger partial charge in [0.15, 0.2) is 5.82 Å². The molecular weight excluding hydrogens is 520 g/mol. The van der Waals surface area contributed by atoms with Crippen molar-refractivity contribution in [1.82, 2.24) is 25.3 Å². The van der Waals surface area contributed by atoms with Gasteiger partial charge in [0.2, 0.25) is 17.7 Å². The quantitative estimate of drug-likeness (QED) is 0.482. The summed E-state index contributed by atoms with van der Waals surface area (Å²) in [6.45, 7) is 4.68. The second-order valence-electron chi connectivity index (χ2n) is 11.8. The van der Waals surface area contributed by atoms with Gasteiger partial charge in [-0.2, -0.15) is 5.10 Å². The number of piperidine rings is 1. The van der Waals surface area contributed by atoms with Gasteiger partial charge in [0.25, 0.3) is 0 Å². The smallest absolute Gasteiger partial charge is 0.243 e. The molecule has 0 saturated carbocycles. The Morgan fingerprint density at radius 2 is 1.93 bits per heavy atom. The Morgan fingerprint density at radius 1 is 1.15 bits per heavy atom. The van der Waals surface area contributed by atoms with Crippen molar-refractivity contribution in [2.75, 3.05) is 38.2 Å². The summed E-state index contributed by atoms with van der Waals surface area (Å²) in [4.78, 5) is 42.4. The van der Waals surface area contributed by atoms with Gasteiger partial charge < -0.3 is 20.7 Å². The third-order valence-electron chi connectivity index (χ3n) is 8.84. The number of allylic oxidation sites excluding steroid dienone is 2. The van der Waals surface area contributed by atoms with E-state index >= 15 is 0 Å². The number of likely N-dealkylation sites (tertiary alicyclic amines) is 1. The molecule has 0 aliphatic carbocycles. The first-order chi connectivity index (χ1) is 19.8. The molecule has 3 N–H and O–H groups in total. The van der Waals surface area contributed by atoms with Gasteiger partial charge >= 0.3 is 0 Å². The topological polar surface area (TPSA) is 118 Å². The van der Waals surface area contributed by atoms with Gasteiger partial charge in [-0.25, -0.2) is 0 Å². The van der Waals surface area contributed by atoms with Crippen LogP contribution >= 0.6 is 0 Å². The first-order valence-corrected chi connectivity index (χ1v) is 14.7. The fraction of sp³-hybridized carbons (Fsp3) is 0.548. The van der Waals surface area contributed by atoms with E-state index in [0.29, 0.717) is 57.8 Å². The van der Waals surface area contributed by atoms with Crippen molar-refractivity contribution < 1.29 is 19.1 Å². The van der Waals surface area contributed by atoms with E-state index in [1.807, 2.05) is 50.4 Å². The highest BCUT2D eigenvalue weighted by molar-refractivity contribution is 5.92. The van der Waals surface area contributed by atoms with E-state index in [-0.39, 0.29) is 36.2 Å². The molecule has 2 fully saturated rings. The molecule has 4 heterocycles. The third-order valence-corrected chi connectivity index (χ3v) is 8.84. The maximum Gasteiger partial charge on any atom is 0.243 e. The summed E-state index contributed by atoms with van der Waals surface area (Å²) in [6, 6.07) is 11.0. The van der Waals surface area contributed by atoms with E-state index in [1.54, 1.807) is 4.68 Å². The van der Waals surface area contributed by atoms with Crippen molar-refractivity contribution in [2.45, 2.75) is 57.5 Å². The molecule has 2 aromatic rings. The second kappa shape index (κ2) is 13.0. The van der Waals surface area contributed by atoms with E-state index in [0.717, 1.165) is 24.1 Å². The Balaban J connectivity index is 1.31. The van der Waals surface area contributed by atoms with Crippen LogP contribution in [-0.4, -0.2) is 77.3 Å². The largest absolute Gasteiger partial charge is 0.381 e. The predicted molar refractivity (Wildman–Crippen MR) is 156 cm³/mol. The highest BCUT2D eigenvalue weighted by Gasteiger charge is 2.41. The molecule has 220 valence electrons. The second-order valence-corrected chi connectivity index (χ2v) is 11.8. The van der Waals surface area contributed by atoms with Gasteiger partial charge in [0.1, 0.15) is 6.04 Å². The van der Waals surface area contributed by atoms with Crippen LogP contribution in [0.15, 0.2) is 48.6 Å². The summed E-state index contributed by atoms with van der Waals surface area (Å²) < 4.78 is 7.33. The minimum atomic E-state index is -0.667. The first kappa shape index (κ1) is 29.0. The summed E-state index contributed by atoms with van der Waals surface area (Å²) in [6.07, 6.45) is 8.09. The zero-order valence-electron chi connectivity index (χ0n) is 24.1. The highest BCUT2D eigenvalue weighted by Crippen LogP contribution is 2.36. The van der Waals surface area contributed by atoms with Crippen LogP contribution in [0, 0.1) is 18.3 Å². The number of carbonyl (C=O) groups is 3. The minimum Gasteiger partial charge on any atom is -0.381 e. The number of hydrogen-bond donors (Lipinski definition) is 3. The zero-order chi connectivity index (χ0) is 28.8. The fourth-order valence-electron chi connectivity index (χ4n) is 6.21. The zero-order valence-corrected chi connectivity index (χ0v) is 24.1. The van der Waals surface area contributed by atoms with E-state index < -0.39 is 11.5 Å². The molecule has 3 aliphatic heterocycles. The first-order valence-electron chi connectivity index (χ1n) is 14.7. The number of hydrogen-bond acceptors (Lipinski definition) is 6. The van der Waals surface area contributed by atoms with Crippen LogP contribution < -0.4 is 16.0 Å². The number of rotatable bonds is 5. The van der Waals surface area contributed by atoms with Crippen molar-refractivity contribution in [3.05, 3.63) is 59.8 Å². The molecule has 10 nitrogen and oxygen atoms in total. The molecule has 1 spiro atoms. The van der Waals surface area contributed by atoms with E-state index in [1.165, 1.54) is 0 Å². The van der Waals surface area contributed by atoms with Gasteiger partial charge in [-0.05, 0) is 50.5 Å². The lowest BCUT2D eigenvalue weighted by Crippen LogP contribution is -2.58. The standard InChI is InChI=1S/C31H42N6O4/c1-22-18-27(35-36(22)2)34-28(38)21-37-15-11-25-24(20-37)10-6-7-12-31(13-16-41-17-14-31)30(40)33-26(29(39)32-25)19-23-8-4-3-5-9-23/h3-9,18,24-26H,10-17,19-21H2,1-2H3,(H,32,39)(H,33,40)(H,34,35,38)/b7-6+/t24-,25+,26-/m0/s1. The van der Waals surface area contributed by atoms with Crippen LogP contribution in [0.3, 0.4) is 0 Å². The van der Waals surface area contributed by atoms with E-state index in [4.69, 9.17) is 4.74 Å². The van der Waals surface area contributed by atoms with Crippen molar-refractivity contribution in [2.24, 2.45) is 18.4 Å². The third kappa shape index (κ3) is 7.23.